The highest BCUT2D eigenvalue weighted by atomic mass is 35.5. The number of para-hydroxylation sites is 2. The molecule has 18 heteroatoms. The first-order chi connectivity index (χ1) is 26.4. The Morgan fingerprint density at radius 2 is 1.42 bits per heavy atom. The number of nitro groups is 1. The fourth-order valence-electron chi connectivity index (χ4n) is 6.17. The number of amides is 2. The van der Waals surface area contributed by atoms with E-state index in [1.54, 1.807) is 56.4 Å². The number of hydrogen-bond acceptors (Lipinski definition) is 10. The van der Waals surface area contributed by atoms with E-state index < -0.39 is 47.6 Å². The average molecular weight is 793 g/mol. The number of hydrogen-bond donors (Lipinski definition) is 2. The molecule has 2 N–H and O–H groups in total. The van der Waals surface area contributed by atoms with Crippen molar-refractivity contribution in [1.82, 2.24) is 39.7 Å². The van der Waals surface area contributed by atoms with E-state index in [2.05, 4.69) is 30.6 Å². The van der Waals surface area contributed by atoms with Gasteiger partial charge >= 0.3 is 0 Å². The summed E-state index contributed by atoms with van der Waals surface area (Å²) >= 11 is 13.1. The van der Waals surface area contributed by atoms with Gasteiger partial charge in [0.25, 0.3) is 5.69 Å². The standard InChI is InChI=1S/C37H36Cl2FN9O6/c1-20(2)55-30-12-11-23(16-41-30)21(3)45-35(50)33(47-18-43-27-8-5-7-25(38)31(27)47)34(48-19-44-28-9-6-10-29(32(28)48)49(52)53)36(51)46-22(4)24-15-26(39)37(42-17-24)54-14-13-40/h5-12,15-22,33-34H,13-14H2,1-4H3,(H,45,50)(H,46,51). The van der Waals surface area contributed by atoms with Crippen LogP contribution in [0.3, 0.4) is 0 Å². The van der Waals surface area contributed by atoms with Crippen LogP contribution < -0.4 is 20.1 Å². The van der Waals surface area contributed by atoms with Gasteiger partial charge in [0.05, 0.1) is 57.3 Å². The first-order valence-corrected chi connectivity index (χ1v) is 17.9. The highest BCUT2D eigenvalue weighted by Crippen LogP contribution is 2.37. The number of imidazole rings is 2. The summed E-state index contributed by atoms with van der Waals surface area (Å²) in [5, 5.41) is 18.6. The lowest BCUT2D eigenvalue weighted by molar-refractivity contribution is -0.383. The molecule has 4 aromatic heterocycles. The van der Waals surface area contributed by atoms with Crippen molar-refractivity contribution in [1.29, 1.82) is 0 Å². The normalized spacial score (nSPS) is 13.7. The van der Waals surface area contributed by atoms with Gasteiger partial charge in [-0.3, -0.25) is 19.7 Å². The van der Waals surface area contributed by atoms with Crippen LogP contribution in [0.4, 0.5) is 10.1 Å². The van der Waals surface area contributed by atoms with Crippen molar-refractivity contribution >= 4 is 62.8 Å². The predicted molar refractivity (Wildman–Crippen MR) is 203 cm³/mol. The summed E-state index contributed by atoms with van der Waals surface area (Å²) in [6.45, 7) is 6.19. The zero-order chi connectivity index (χ0) is 39.4. The lowest BCUT2D eigenvalue weighted by atomic mass is 10.0. The third kappa shape index (κ3) is 8.29. The third-order valence-corrected chi connectivity index (χ3v) is 9.30. The minimum absolute atomic E-state index is 0.00527. The van der Waals surface area contributed by atoms with Crippen LogP contribution in [0.25, 0.3) is 22.1 Å². The second-order valence-electron chi connectivity index (χ2n) is 12.9. The molecule has 4 heterocycles. The number of ether oxygens (including phenoxy) is 2. The molecule has 0 fully saturated rings. The molecule has 6 rings (SSSR count). The number of fused-ring (bicyclic) bond motifs is 2. The first kappa shape index (κ1) is 38.8. The second-order valence-corrected chi connectivity index (χ2v) is 13.7. The van der Waals surface area contributed by atoms with E-state index in [1.165, 1.54) is 46.2 Å². The summed E-state index contributed by atoms with van der Waals surface area (Å²) in [7, 11) is 0. The van der Waals surface area contributed by atoms with Gasteiger partial charge in [-0.2, -0.15) is 0 Å². The summed E-state index contributed by atoms with van der Waals surface area (Å²) in [6.07, 6.45) is 5.57. The number of halogens is 3. The van der Waals surface area contributed by atoms with E-state index in [-0.39, 0.29) is 45.4 Å². The van der Waals surface area contributed by atoms with E-state index in [1.807, 2.05) is 13.8 Å². The number of nitrogens with zero attached hydrogens (tertiary/aromatic N) is 7. The molecule has 4 unspecified atom stereocenters. The Bertz CT molecular complexity index is 2350. The van der Waals surface area contributed by atoms with Gasteiger partial charge in [-0.05, 0) is 63.1 Å². The molecule has 0 aliphatic rings. The highest BCUT2D eigenvalue weighted by Gasteiger charge is 2.41. The molecule has 0 saturated carbocycles. The molecule has 6 aromatic rings. The molecular formula is C37H36Cl2FN9O6. The number of carbonyl (C=O) groups excluding carboxylic acids is 2. The number of rotatable bonds is 15. The summed E-state index contributed by atoms with van der Waals surface area (Å²) in [5.74, 6) is -0.949. The van der Waals surface area contributed by atoms with Crippen molar-refractivity contribution in [3.8, 4) is 11.8 Å². The fraction of sp³-hybridized carbons (Fsp3) is 0.297. The Kier molecular flexibility index (Phi) is 11.8. The quantitative estimate of drug-likeness (QED) is 0.0807. The lowest BCUT2D eigenvalue weighted by Crippen LogP contribution is -2.45. The largest absolute Gasteiger partial charge is 0.475 e. The molecular weight excluding hydrogens is 756 g/mol. The van der Waals surface area contributed by atoms with Crippen LogP contribution in [0.5, 0.6) is 11.8 Å². The van der Waals surface area contributed by atoms with Crippen molar-refractivity contribution in [2.75, 3.05) is 13.3 Å². The molecule has 0 aliphatic heterocycles. The van der Waals surface area contributed by atoms with E-state index in [9.17, 15) is 24.1 Å². The smallest absolute Gasteiger partial charge is 0.295 e. The zero-order valence-corrected chi connectivity index (χ0v) is 31.5. The van der Waals surface area contributed by atoms with Gasteiger partial charge < -0.3 is 29.2 Å². The van der Waals surface area contributed by atoms with Crippen LogP contribution in [-0.2, 0) is 9.59 Å². The van der Waals surface area contributed by atoms with E-state index >= 15 is 0 Å². The van der Waals surface area contributed by atoms with Gasteiger partial charge in [0.2, 0.25) is 23.6 Å². The summed E-state index contributed by atoms with van der Waals surface area (Å²) in [5.41, 5.74) is 1.76. The third-order valence-electron chi connectivity index (χ3n) is 8.73. The monoisotopic (exact) mass is 791 g/mol. The molecule has 2 aromatic carbocycles. The van der Waals surface area contributed by atoms with Crippen molar-refractivity contribution in [2.24, 2.45) is 0 Å². The topological polar surface area (TPSA) is 181 Å². The van der Waals surface area contributed by atoms with Crippen LogP contribution in [0.2, 0.25) is 10.0 Å². The molecule has 4 atom stereocenters. The van der Waals surface area contributed by atoms with E-state index in [4.69, 9.17) is 32.7 Å². The van der Waals surface area contributed by atoms with Gasteiger partial charge in [0.15, 0.2) is 0 Å². The highest BCUT2D eigenvalue weighted by molar-refractivity contribution is 6.35. The van der Waals surface area contributed by atoms with Crippen molar-refractivity contribution in [3.63, 3.8) is 0 Å². The van der Waals surface area contributed by atoms with Crippen LogP contribution in [-0.4, -0.2) is 65.2 Å². The SMILES string of the molecule is CC(C)Oc1ccc(C(C)NC(=O)C(C(C(=O)NC(C)c2cnc(OCCF)c(Cl)c2)n2cnc3cccc([N+](=O)[O-])c32)n2cnc3cccc(Cl)c32)cn1. The average Bonchev–Trinajstić information content (AvgIpc) is 3.78. The van der Waals surface area contributed by atoms with Crippen molar-refractivity contribution in [2.45, 2.75) is 58.0 Å². The summed E-state index contributed by atoms with van der Waals surface area (Å²) < 4.78 is 26.4. The minimum atomic E-state index is -1.54. The zero-order valence-electron chi connectivity index (χ0n) is 30.0. The van der Waals surface area contributed by atoms with Crippen LogP contribution >= 0.6 is 23.2 Å². The molecule has 15 nitrogen and oxygen atoms in total. The maximum atomic E-state index is 14.9. The molecule has 286 valence electrons. The second kappa shape index (κ2) is 16.7. The Balaban J connectivity index is 1.48. The molecule has 0 radical (unpaired) electrons. The van der Waals surface area contributed by atoms with Gasteiger partial charge in [0, 0.05) is 24.5 Å². The minimum Gasteiger partial charge on any atom is -0.475 e. The summed E-state index contributed by atoms with van der Waals surface area (Å²) in [4.78, 5) is 58.9. The Morgan fingerprint density at radius 1 is 0.818 bits per heavy atom. The predicted octanol–water partition coefficient (Wildman–Crippen LogP) is 7.06. The van der Waals surface area contributed by atoms with Crippen LogP contribution in [0.15, 0.2) is 79.6 Å². The molecule has 0 bridgehead atoms. The number of nitro benzene ring substituents is 1. The number of aromatic nitrogens is 6. The molecule has 0 aliphatic carbocycles. The molecule has 0 saturated heterocycles. The van der Waals surface area contributed by atoms with E-state index in [0.29, 0.717) is 28.0 Å². The Morgan fingerprint density at radius 3 is 2.00 bits per heavy atom. The number of alkyl halides is 1. The van der Waals surface area contributed by atoms with Crippen molar-refractivity contribution in [3.05, 3.63) is 111 Å². The number of carbonyl (C=O) groups is 2. The van der Waals surface area contributed by atoms with Crippen LogP contribution in [0, 0.1) is 10.1 Å². The van der Waals surface area contributed by atoms with E-state index in [0.717, 1.165) is 0 Å². The van der Waals surface area contributed by atoms with Gasteiger partial charge in [-0.1, -0.05) is 41.4 Å². The first-order valence-electron chi connectivity index (χ1n) is 17.2. The lowest BCUT2D eigenvalue weighted by Gasteiger charge is -2.31. The number of benzene rings is 2. The summed E-state index contributed by atoms with van der Waals surface area (Å²) in [6, 6.07) is 9.91. The number of non-ortho nitro benzene ring substituents is 1. The maximum Gasteiger partial charge on any atom is 0.295 e. The van der Waals surface area contributed by atoms with Crippen molar-refractivity contribution < 1.29 is 28.4 Å². The number of pyridine rings is 2. The Labute approximate surface area is 324 Å². The van der Waals surface area contributed by atoms with Crippen LogP contribution in [0.1, 0.15) is 63.0 Å². The maximum absolute atomic E-state index is 14.9. The fourth-order valence-corrected chi connectivity index (χ4v) is 6.67. The molecule has 0 spiro atoms. The van der Waals surface area contributed by atoms with Gasteiger partial charge in [0.1, 0.15) is 35.9 Å². The number of nitrogens with one attached hydrogen (secondary N) is 2. The molecule has 55 heavy (non-hydrogen) atoms. The van der Waals surface area contributed by atoms with Gasteiger partial charge in [-0.15, -0.1) is 0 Å². The molecule has 2 amide bonds. The Hall–Kier alpha value is -5.87. The van der Waals surface area contributed by atoms with Gasteiger partial charge in [-0.25, -0.2) is 24.3 Å².